The molecule has 112 valence electrons. The summed E-state index contributed by atoms with van der Waals surface area (Å²) in [5.41, 5.74) is 6.28. The Morgan fingerprint density at radius 3 is 2.42 bits per heavy atom. The fourth-order valence-electron chi connectivity index (χ4n) is 3.13. The predicted molar refractivity (Wildman–Crippen MR) is 80.8 cm³/mol. The minimum Gasteiger partial charge on any atom is -0.352 e. The molecule has 3 nitrogen and oxygen atoms in total. The highest BCUT2D eigenvalue weighted by molar-refractivity contribution is 5.82. The lowest BCUT2D eigenvalue weighted by molar-refractivity contribution is -0.125. The van der Waals surface area contributed by atoms with Gasteiger partial charge in [0.05, 0.1) is 6.04 Å². The molecule has 0 aromatic rings. The van der Waals surface area contributed by atoms with Crippen LogP contribution in [0.1, 0.15) is 66.7 Å². The van der Waals surface area contributed by atoms with Gasteiger partial charge in [0, 0.05) is 6.04 Å². The van der Waals surface area contributed by atoms with Crippen molar-refractivity contribution in [1.82, 2.24) is 5.32 Å². The summed E-state index contributed by atoms with van der Waals surface area (Å²) in [5.74, 6) is 0.849. The van der Waals surface area contributed by atoms with Crippen LogP contribution in [0.3, 0.4) is 0 Å². The fourth-order valence-corrected chi connectivity index (χ4v) is 3.13. The molecule has 1 rings (SSSR count). The maximum absolute atomic E-state index is 12.2. The van der Waals surface area contributed by atoms with Crippen LogP contribution in [-0.2, 0) is 4.79 Å². The Labute approximate surface area is 118 Å². The molecule has 0 radical (unpaired) electrons. The highest BCUT2D eigenvalue weighted by Gasteiger charge is 2.35. The highest BCUT2D eigenvalue weighted by atomic mass is 16.2. The molecule has 19 heavy (non-hydrogen) atoms. The van der Waals surface area contributed by atoms with Crippen molar-refractivity contribution in [3.8, 4) is 0 Å². The van der Waals surface area contributed by atoms with Crippen LogP contribution in [0, 0.1) is 17.3 Å². The summed E-state index contributed by atoms with van der Waals surface area (Å²) >= 11 is 0. The lowest BCUT2D eigenvalue weighted by Gasteiger charge is -2.41. The van der Waals surface area contributed by atoms with Crippen molar-refractivity contribution >= 4 is 5.91 Å². The average molecular weight is 268 g/mol. The molecule has 1 saturated carbocycles. The van der Waals surface area contributed by atoms with Crippen LogP contribution in [0.15, 0.2) is 0 Å². The van der Waals surface area contributed by atoms with E-state index in [1.807, 2.05) is 6.92 Å². The second-order valence-electron chi connectivity index (χ2n) is 7.28. The number of carbonyl (C=O) groups excluding carboxylic acids is 1. The third-order valence-electron chi connectivity index (χ3n) is 4.77. The van der Waals surface area contributed by atoms with Crippen LogP contribution in [0.2, 0.25) is 0 Å². The van der Waals surface area contributed by atoms with Crippen LogP contribution in [0.4, 0.5) is 0 Å². The number of hydrogen-bond donors (Lipinski definition) is 2. The monoisotopic (exact) mass is 268 g/mol. The normalized spacial score (nSPS) is 27.7. The number of nitrogens with one attached hydrogen (secondary N) is 1. The second-order valence-corrected chi connectivity index (χ2v) is 7.28. The smallest absolute Gasteiger partial charge is 0.237 e. The first kappa shape index (κ1) is 16.5. The van der Waals surface area contributed by atoms with E-state index >= 15 is 0 Å². The third kappa shape index (κ3) is 4.48. The van der Waals surface area contributed by atoms with Gasteiger partial charge in [-0.2, -0.15) is 0 Å². The number of carbonyl (C=O) groups is 1. The van der Waals surface area contributed by atoms with Crippen molar-refractivity contribution in [1.29, 1.82) is 0 Å². The van der Waals surface area contributed by atoms with Crippen molar-refractivity contribution in [3.05, 3.63) is 0 Å². The zero-order chi connectivity index (χ0) is 14.6. The van der Waals surface area contributed by atoms with E-state index in [0.717, 1.165) is 12.8 Å². The number of nitrogens with two attached hydrogens (primary N) is 1. The van der Waals surface area contributed by atoms with E-state index in [9.17, 15) is 4.79 Å². The first-order chi connectivity index (χ1) is 8.77. The molecule has 3 unspecified atom stereocenters. The van der Waals surface area contributed by atoms with Gasteiger partial charge in [0.2, 0.25) is 5.91 Å². The molecule has 0 aromatic carbocycles. The largest absolute Gasteiger partial charge is 0.352 e. The van der Waals surface area contributed by atoms with Gasteiger partial charge in [-0.1, -0.05) is 53.9 Å². The summed E-state index contributed by atoms with van der Waals surface area (Å²) in [6, 6.07) is -0.0658. The second kappa shape index (κ2) is 6.74. The third-order valence-corrected chi connectivity index (χ3v) is 4.77. The van der Waals surface area contributed by atoms with Crippen molar-refractivity contribution in [2.75, 3.05) is 0 Å². The first-order valence-corrected chi connectivity index (χ1v) is 7.83. The van der Waals surface area contributed by atoms with E-state index in [4.69, 9.17) is 5.73 Å². The van der Waals surface area contributed by atoms with Crippen molar-refractivity contribution < 1.29 is 4.79 Å². The SMILES string of the molecule is CCC(C)[C@H](N)C(=O)NC1CCCCC1C(C)(C)C. The first-order valence-electron chi connectivity index (χ1n) is 7.83. The van der Waals surface area contributed by atoms with Gasteiger partial charge in [-0.05, 0) is 30.1 Å². The fraction of sp³-hybridized carbons (Fsp3) is 0.938. The Bertz CT molecular complexity index is 296. The Kier molecular flexibility index (Phi) is 5.84. The molecule has 4 atom stereocenters. The van der Waals surface area contributed by atoms with E-state index in [1.54, 1.807) is 0 Å². The Morgan fingerprint density at radius 1 is 1.32 bits per heavy atom. The molecule has 1 aliphatic carbocycles. The topological polar surface area (TPSA) is 55.1 Å². The van der Waals surface area contributed by atoms with E-state index < -0.39 is 0 Å². The molecule has 3 heteroatoms. The van der Waals surface area contributed by atoms with Gasteiger partial charge in [-0.15, -0.1) is 0 Å². The van der Waals surface area contributed by atoms with E-state index in [1.165, 1.54) is 19.3 Å². The van der Waals surface area contributed by atoms with Crippen LogP contribution < -0.4 is 11.1 Å². The molecule has 1 amide bonds. The zero-order valence-corrected chi connectivity index (χ0v) is 13.3. The predicted octanol–water partition coefficient (Wildman–Crippen LogP) is 3.08. The summed E-state index contributed by atoms with van der Waals surface area (Å²) in [5, 5.41) is 3.23. The molecular weight excluding hydrogens is 236 g/mol. The minimum atomic E-state index is -0.368. The standard InChI is InChI=1S/C16H32N2O/c1-6-11(2)14(17)15(19)18-13-10-8-7-9-12(13)16(3,4)5/h11-14H,6-10,17H2,1-5H3,(H,18,19)/t11?,12?,13?,14-/m0/s1. The summed E-state index contributed by atoms with van der Waals surface area (Å²) in [6.07, 6.45) is 5.76. The molecular formula is C16H32N2O. The quantitative estimate of drug-likeness (QED) is 0.823. The summed E-state index contributed by atoms with van der Waals surface area (Å²) in [4.78, 5) is 12.2. The maximum Gasteiger partial charge on any atom is 0.237 e. The highest BCUT2D eigenvalue weighted by Crippen LogP contribution is 2.38. The zero-order valence-electron chi connectivity index (χ0n) is 13.3. The number of rotatable bonds is 4. The Balaban J connectivity index is 2.65. The maximum atomic E-state index is 12.2. The molecule has 0 aliphatic heterocycles. The van der Waals surface area contributed by atoms with Crippen LogP contribution in [0.25, 0.3) is 0 Å². The molecule has 0 aromatic heterocycles. The van der Waals surface area contributed by atoms with Gasteiger partial charge < -0.3 is 11.1 Å². The summed E-state index contributed by atoms with van der Waals surface area (Å²) in [7, 11) is 0. The Morgan fingerprint density at radius 2 is 1.89 bits per heavy atom. The average Bonchev–Trinajstić information content (AvgIpc) is 2.36. The number of amides is 1. The van der Waals surface area contributed by atoms with Gasteiger partial charge in [0.15, 0.2) is 0 Å². The van der Waals surface area contributed by atoms with Gasteiger partial charge in [0.25, 0.3) is 0 Å². The Hall–Kier alpha value is -0.570. The van der Waals surface area contributed by atoms with Gasteiger partial charge in [-0.25, -0.2) is 0 Å². The lowest BCUT2D eigenvalue weighted by Crippen LogP contribution is -2.53. The minimum absolute atomic E-state index is 0.0375. The van der Waals surface area contributed by atoms with Crippen LogP contribution in [-0.4, -0.2) is 18.0 Å². The summed E-state index contributed by atoms with van der Waals surface area (Å²) in [6.45, 7) is 11.0. The van der Waals surface area contributed by atoms with Gasteiger partial charge >= 0.3 is 0 Å². The molecule has 0 saturated heterocycles. The molecule has 0 spiro atoms. The van der Waals surface area contributed by atoms with E-state index in [0.29, 0.717) is 12.0 Å². The van der Waals surface area contributed by atoms with Gasteiger partial charge in [0.1, 0.15) is 0 Å². The van der Waals surface area contributed by atoms with Crippen LogP contribution in [0.5, 0.6) is 0 Å². The molecule has 3 N–H and O–H groups in total. The van der Waals surface area contributed by atoms with Crippen molar-refractivity contribution in [2.45, 2.75) is 78.8 Å². The van der Waals surface area contributed by atoms with E-state index in [2.05, 4.69) is 33.0 Å². The molecule has 1 fully saturated rings. The van der Waals surface area contributed by atoms with Crippen molar-refractivity contribution in [2.24, 2.45) is 23.0 Å². The van der Waals surface area contributed by atoms with Crippen molar-refractivity contribution in [3.63, 3.8) is 0 Å². The van der Waals surface area contributed by atoms with Crippen LogP contribution >= 0.6 is 0 Å². The summed E-state index contributed by atoms with van der Waals surface area (Å²) < 4.78 is 0. The number of hydrogen-bond acceptors (Lipinski definition) is 2. The van der Waals surface area contributed by atoms with Gasteiger partial charge in [-0.3, -0.25) is 4.79 Å². The lowest BCUT2D eigenvalue weighted by atomic mass is 9.69. The molecule has 0 bridgehead atoms. The molecule has 0 heterocycles. The molecule has 1 aliphatic rings. The van der Waals surface area contributed by atoms with E-state index in [-0.39, 0.29) is 23.3 Å².